The van der Waals surface area contributed by atoms with E-state index >= 15 is 0 Å². The fourth-order valence-electron chi connectivity index (χ4n) is 2.27. The summed E-state index contributed by atoms with van der Waals surface area (Å²) >= 11 is 0. The largest absolute Gasteiger partial charge is 0.416 e. The maximum atomic E-state index is 12.9. The highest BCUT2D eigenvalue weighted by atomic mass is 19.4. The topological polar surface area (TPSA) is 97.3 Å². The smallest absolute Gasteiger partial charge is 0.369 e. The van der Waals surface area contributed by atoms with Crippen LogP contribution in [0.1, 0.15) is 18.9 Å². The van der Waals surface area contributed by atoms with Gasteiger partial charge in [-0.15, -0.1) is 0 Å². The van der Waals surface area contributed by atoms with Gasteiger partial charge in [0.2, 0.25) is 5.91 Å². The Kier molecular flexibility index (Phi) is 3.70. The summed E-state index contributed by atoms with van der Waals surface area (Å²) in [6.07, 6.45) is -4.04. The number of nitrogens with two attached hydrogens (primary N) is 2. The molecule has 1 aliphatic rings. The van der Waals surface area contributed by atoms with Crippen molar-refractivity contribution in [3.63, 3.8) is 0 Å². The Morgan fingerprint density at radius 3 is 2.62 bits per heavy atom. The third-order valence-corrected chi connectivity index (χ3v) is 3.68. The number of nitrogen functional groups attached to an aromatic ring is 1. The summed E-state index contributed by atoms with van der Waals surface area (Å²) in [5.41, 5.74) is 5.82. The number of hydrogen-bond donors (Lipinski definition) is 3. The van der Waals surface area contributed by atoms with Gasteiger partial charge in [-0.3, -0.25) is 4.79 Å². The lowest BCUT2D eigenvalue weighted by Crippen LogP contribution is -2.37. The third kappa shape index (κ3) is 3.02. The van der Waals surface area contributed by atoms with Gasteiger partial charge in [-0.1, -0.05) is 0 Å². The van der Waals surface area contributed by atoms with E-state index in [1.807, 2.05) is 0 Å². The molecular weight excluding hydrogens is 287 g/mol. The van der Waals surface area contributed by atoms with E-state index in [4.69, 9.17) is 11.6 Å². The van der Waals surface area contributed by atoms with Crippen molar-refractivity contribution in [3.05, 3.63) is 17.7 Å². The number of primary amides is 1. The number of anilines is 2. The summed E-state index contributed by atoms with van der Waals surface area (Å²) in [4.78, 5) is 17.0. The van der Waals surface area contributed by atoms with Crippen LogP contribution in [0.25, 0.3) is 0 Å². The molecule has 1 saturated heterocycles. The molecular formula is C12H16F3N5O. The number of aromatic nitrogens is 1. The van der Waals surface area contributed by atoms with E-state index < -0.39 is 23.1 Å². The van der Waals surface area contributed by atoms with Crippen LogP contribution >= 0.6 is 0 Å². The van der Waals surface area contributed by atoms with E-state index in [1.54, 1.807) is 11.8 Å². The molecule has 5 N–H and O–H groups in total. The van der Waals surface area contributed by atoms with Crippen molar-refractivity contribution in [2.75, 3.05) is 23.4 Å². The Balaban J connectivity index is 2.35. The summed E-state index contributed by atoms with van der Waals surface area (Å²) in [7, 11) is 0. The van der Waals surface area contributed by atoms with Crippen molar-refractivity contribution in [1.82, 2.24) is 4.98 Å². The van der Waals surface area contributed by atoms with Crippen molar-refractivity contribution in [2.45, 2.75) is 19.5 Å². The number of alkyl halides is 3. The van der Waals surface area contributed by atoms with E-state index in [2.05, 4.69) is 10.4 Å². The molecule has 6 nitrogen and oxygen atoms in total. The number of nitrogens with zero attached hydrogens (tertiary/aromatic N) is 2. The molecule has 0 spiro atoms. The number of hydrazine groups is 1. The molecule has 0 saturated carbocycles. The minimum absolute atomic E-state index is 0.0903. The number of carbonyl (C=O) groups excluding carboxylic acids is 1. The average molecular weight is 303 g/mol. The molecule has 0 aliphatic carbocycles. The number of pyridine rings is 1. The van der Waals surface area contributed by atoms with Crippen molar-refractivity contribution in [2.24, 2.45) is 17.0 Å². The Morgan fingerprint density at radius 1 is 1.48 bits per heavy atom. The minimum atomic E-state index is -4.50. The second-order valence-electron chi connectivity index (χ2n) is 5.34. The average Bonchev–Trinajstić information content (AvgIpc) is 2.81. The summed E-state index contributed by atoms with van der Waals surface area (Å²) in [5.74, 6) is 4.70. The number of carbonyl (C=O) groups is 1. The number of amides is 1. The van der Waals surface area contributed by atoms with Gasteiger partial charge in [-0.25, -0.2) is 10.8 Å². The molecule has 1 unspecified atom stereocenters. The first-order valence-corrected chi connectivity index (χ1v) is 6.26. The molecule has 2 heterocycles. The first-order chi connectivity index (χ1) is 9.65. The highest BCUT2D eigenvalue weighted by Gasteiger charge is 2.40. The second kappa shape index (κ2) is 5.06. The van der Waals surface area contributed by atoms with E-state index in [1.165, 1.54) is 0 Å². The van der Waals surface area contributed by atoms with Crippen molar-refractivity contribution in [1.29, 1.82) is 0 Å². The van der Waals surface area contributed by atoms with Gasteiger partial charge >= 0.3 is 6.18 Å². The number of rotatable bonds is 3. The van der Waals surface area contributed by atoms with Gasteiger partial charge in [0.1, 0.15) is 11.6 Å². The van der Waals surface area contributed by atoms with E-state index in [9.17, 15) is 18.0 Å². The van der Waals surface area contributed by atoms with Crippen molar-refractivity contribution < 1.29 is 18.0 Å². The summed E-state index contributed by atoms with van der Waals surface area (Å²) < 4.78 is 38.6. The highest BCUT2D eigenvalue weighted by Crippen LogP contribution is 2.36. The van der Waals surface area contributed by atoms with Gasteiger partial charge in [0, 0.05) is 13.1 Å². The van der Waals surface area contributed by atoms with E-state index in [0.29, 0.717) is 13.0 Å². The van der Waals surface area contributed by atoms with Crippen LogP contribution in [-0.2, 0) is 11.0 Å². The molecule has 1 fully saturated rings. The Morgan fingerprint density at radius 2 is 2.14 bits per heavy atom. The van der Waals surface area contributed by atoms with Crippen LogP contribution in [0.4, 0.5) is 24.8 Å². The number of hydrogen-bond acceptors (Lipinski definition) is 5. The van der Waals surface area contributed by atoms with Gasteiger partial charge < -0.3 is 16.1 Å². The Bertz CT molecular complexity index is 562. The zero-order chi connectivity index (χ0) is 15.8. The van der Waals surface area contributed by atoms with Gasteiger partial charge in [-0.2, -0.15) is 13.2 Å². The van der Waals surface area contributed by atoms with Gasteiger partial charge in [-0.05, 0) is 25.5 Å². The molecule has 9 heteroatoms. The number of halogens is 3. The van der Waals surface area contributed by atoms with Crippen LogP contribution in [0.5, 0.6) is 0 Å². The van der Waals surface area contributed by atoms with Crippen molar-refractivity contribution >= 4 is 17.5 Å². The van der Waals surface area contributed by atoms with Crippen LogP contribution in [0, 0.1) is 5.41 Å². The zero-order valence-electron chi connectivity index (χ0n) is 11.4. The molecule has 0 aromatic carbocycles. The normalized spacial score (nSPS) is 22.4. The van der Waals surface area contributed by atoms with Crippen LogP contribution in [-0.4, -0.2) is 24.0 Å². The Labute approximate surface area is 119 Å². The molecule has 116 valence electrons. The van der Waals surface area contributed by atoms with Crippen LogP contribution in [0.15, 0.2) is 12.1 Å². The summed E-state index contributed by atoms with van der Waals surface area (Å²) in [6.45, 7) is 2.31. The van der Waals surface area contributed by atoms with Gasteiger partial charge in [0.05, 0.1) is 11.0 Å². The van der Waals surface area contributed by atoms with Crippen LogP contribution in [0.2, 0.25) is 0 Å². The Hall–Kier alpha value is -2.03. The standard InChI is InChI=1S/C12H16F3N5O/c1-11(10(16)21)2-3-20(6-11)9-5-7(12(13,14)15)4-8(18-9)19-17/h4-5H,2-3,6,17H2,1H3,(H2,16,21)(H,18,19). The van der Waals surface area contributed by atoms with Crippen LogP contribution < -0.4 is 21.9 Å². The fourth-order valence-corrected chi connectivity index (χ4v) is 2.27. The lowest BCUT2D eigenvalue weighted by Gasteiger charge is -2.23. The zero-order valence-corrected chi connectivity index (χ0v) is 11.4. The molecule has 0 radical (unpaired) electrons. The van der Waals surface area contributed by atoms with Crippen LogP contribution in [0.3, 0.4) is 0 Å². The number of nitrogens with one attached hydrogen (secondary N) is 1. The fraction of sp³-hybridized carbons (Fsp3) is 0.500. The highest BCUT2D eigenvalue weighted by molar-refractivity contribution is 5.82. The van der Waals surface area contributed by atoms with Crippen molar-refractivity contribution in [3.8, 4) is 0 Å². The molecule has 0 bridgehead atoms. The maximum Gasteiger partial charge on any atom is 0.416 e. The first kappa shape index (κ1) is 15.4. The lowest BCUT2D eigenvalue weighted by molar-refractivity contribution is -0.137. The molecule has 1 aromatic rings. The van der Waals surface area contributed by atoms with Gasteiger partial charge in [0.25, 0.3) is 0 Å². The van der Waals surface area contributed by atoms with E-state index in [-0.39, 0.29) is 18.2 Å². The third-order valence-electron chi connectivity index (χ3n) is 3.68. The predicted octanol–water partition coefficient (Wildman–Crippen LogP) is 1.09. The second-order valence-corrected chi connectivity index (χ2v) is 5.34. The predicted molar refractivity (Wildman–Crippen MR) is 71.2 cm³/mol. The molecule has 1 aliphatic heterocycles. The summed E-state index contributed by atoms with van der Waals surface area (Å²) in [5, 5.41) is 0. The SMILES string of the molecule is CC1(C(N)=O)CCN(c2cc(C(F)(F)F)cc(NN)n2)C1. The van der Waals surface area contributed by atoms with Gasteiger partial charge in [0.15, 0.2) is 0 Å². The first-order valence-electron chi connectivity index (χ1n) is 6.26. The molecule has 1 atom stereocenters. The minimum Gasteiger partial charge on any atom is -0.369 e. The quantitative estimate of drug-likeness (QED) is 0.573. The molecule has 1 amide bonds. The lowest BCUT2D eigenvalue weighted by atomic mass is 9.89. The maximum absolute atomic E-state index is 12.9. The molecule has 2 rings (SSSR count). The molecule has 21 heavy (non-hydrogen) atoms. The monoisotopic (exact) mass is 303 g/mol. The summed E-state index contributed by atoms with van der Waals surface area (Å²) in [6, 6.07) is 1.76. The molecule has 1 aromatic heterocycles. The van der Waals surface area contributed by atoms with E-state index in [0.717, 1.165) is 12.1 Å².